The third-order valence-corrected chi connectivity index (χ3v) is 6.53. The molecule has 4 rings (SSSR count). The van der Waals surface area contributed by atoms with Gasteiger partial charge in [-0.15, -0.1) is 0 Å². The van der Waals surface area contributed by atoms with Gasteiger partial charge in [0, 0.05) is 12.5 Å². The van der Waals surface area contributed by atoms with Crippen LogP contribution in [0.2, 0.25) is 0 Å². The summed E-state index contributed by atoms with van der Waals surface area (Å²) in [5, 5.41) is 24.3. The van der Waals surface area contributed by atoms with Crippen LogP contribution in [0, 0.1) is 10.1 Å². The second-order valence-electron chi connectivity index (χ2n) is 8.98. The van der Waals surface area contributed by atoms with Crippen LogP contribution in [-0.2, 0) is 25.6 Å². The molecule has 0 spiro atoms. The largest absolute Gasteiger partial charge is 0.599 e. The van der Waals surface area contributed by atoms with Gasteiger partial charge in [0.15, 0.2) is 17.5 Å². The van der Waals surface area contributed by atoms with Crippen molar-refractivity contribution >= 4 is 17.7 Å². The van der Waals surface area contributed by atoms with Crippen LogP contribution in [0.4, 0.5) is 5.69 Å². The van der Waals surface area contributed by atoms with E-state index in [1.165, 1.54) is 32.4 Å². The van der Waals surface area contributed by atoms with E-state index in [1.807, 2.05) is 48.5 Å². The average Bonchev–Trinajstić information content (AvgIpc) is 3.31. The molecule has 0 radical (unpaired) electrons. The van der Waals surface area contributed by atoms with Crippen molar-refractivity contribution in [3.63, 3.8) is 0 Å². The quantitative estimate of drug-likeness (QED) is 0.0761. The summed E-state index contributed by atoms with van der Waals surface area (Å²) in [7, 11) is 2.76. The highest BCUT2D eigenvalue weighted by atomic mass is 16.6. The van der Waals surface area contributed by atoms with E-state index < -0.39 is 29.6 Å². The minimum atomic E-state index is -1.37. The van der Waals surface area contributed by atoms with Crippen molar-refractivity contribution < 1.29 is 38.5 Å². The standard InChI is InChI=1S/C30H30N2O9/c1-4-13-40-29(33)25(18-39-16-19-14-27(37-2)28(38-3)15-26(19)32(35)36)31-30(34)41-17-24-22-11-7-5-9-20(22)21-10-6-8-12-23(21)24/h4-12,14-15,24-25H,1,13,16-18H2,2-3H3,(H,31,34)/p-1/t25-/m1/s1. The van der Waals surface area contributed by atoms with Crippen LogP contribution in [0.25, 0.3) is 11.1 Å². The number of ether oxygens (including phenoxy) is 5. The second kappa shape index (κ2) is 13.4. The van der Waals surface area contributed by atoms with E-state index in [0.29, 0.717) is 0 Å². The third kappa shape index (κ3) is 6.64. The van der Waals surface area contributed by atoms with E-state index in [2.05, 4.69) is 11.6 Å². The van der Waals surface area contributed by atoms with Crippen LogP contribution in [0.3, 0.4) is 0 Å². The first-order valence-electron chi connectivity index (χ1n) is 12.7. The molecule has 3 aromatic carbocycles. The zero-order chi connectivity index (χ0) is 29.4. The highest BCUT2D eigenvalue weighted by molar-refractivity contribution is 5.80. The molecule has 0 N–H and O–H groups in total. The molecule has 0 heterocycles. The molecule has 1 aliphatic rings. The number of carbonyl (C=O) groups is 1. The maximum Gasteiger partial charge on any atom is 0.333 e. The summed E-state index contributed by atoms with van der Waals surface area (Å²) in [5.74, 6) is -0.573. The minimum Gasteiger partial charge on any atom is -0.599 e. The number of nitro groups is 1. The third-order valence-electron chi connectivity index (χ3n) is 6.53. The van der Waals surface area contributed by atoms with Gasteiger partial charge in [0.2, 0.25) is 0 Å². The number of hydrogen-bond donors (Lipinski definition) is 0. The van der Waals surface area contributed by atoms with Crippen molar-refractivity contribution in [3.8, 4) is 22.6 Å². The van der Waals surface area contributed by atoms with E-state index in [0.717, 1.165) is 22.3 Å². The maximum absolute atomic E-state index is 12.8. The number of carbonyl (C=O) groups excluding carboxylic acids is 1. The summed E-state index contributed by atoms with van der Waals surface area (Å²) in [5.41, 5.74) is 4.12. The molecule has 41 heavy (non-hydrogen) atoms. The zero-order valence-electron chi connectivity index (χ0n) is 22.6. The van der Waals surface area contributed by atoms with E-state index in [-0.39, 0.29) is 48.5 Å². The Morgan fingerprint density at radius 3 is 2.22 bits per heavy atom. The fraction of sp³-hybridized carbons (Fsp3) is 0.267. The minimum absolute atomic E-state index is 0.0173. The van der Waals surface area contributed by atoms with Gasteiger partial charge in [-0.2, -0.15) is 0 Å². The fourth-order valence-corrected chi connectivity index (χ4v) is 4.63. The highest BCUT2D eigenvalue weighted by Gasteiger charge is 2.27. The first-order valence-corrected chi connectivity index (χ1v) is 12.7. The number of nitro benzene ring substituents is 1. The predicted octanol–water partition coefficient (Wildman–Crippen LogP) is 3.77. The Hall–Kier alpha value is -4.90. The van der Waals surface area contributed by atoms with Gasteiger partial charge < -0.3 is 28.8 Å². The van der Waals surface area contributed by atoms with Crippen molar-refractivity contribution in [1.29, 1.82) is 0 Å². The lowest BCUT2D eigenvalue weighted by Crippen LogP contribution is -2.32. The van der Waals surface area contributed by atoms with Crippen molar-refractivity contribution in [3.05, 3.63) is 100 Å². The molecule has 3 aromatic rings. The number of esters is 1. The van der Waals surface area contributed by atoms with Crippen LogP contribution in [0.15, 0.2) is 78.3 Å². The number of aliphatic imine (C=N–C) groups is 1. The van der Waals surface area contributed by atoms with Crippen molar-refractivity contribution in [2.75, 3.05) is 34.0 Å². The Bertz CT molecular complexity index is 1410. The lowest BCUT2D eigenvalue weighted by atomic mass is 9.98. The van der Waals surface area contributed by atoms with Gasteiger partial charge in [-0.05, 0) is 28.3 Å². The van der Waals surface area contributed by atoms with Gasteiger partial charge in [0.1, 0.15) is 12.7 Å². The highest BCUT2D eigenvalue weighted by Crippen LogP contribution is 2.44. The number of nitrogens with zero attached hydrogens (tertiary/aromatic N) is 2. The van der Waals surface area contributed by atoms with Crippen molar-refractivity contribution in [1.82, 2.24) is 0 Å². The van der Waals surface area contributed by atoms with Gasteiger partial charge in [-0.25, -0.2) is 4.79 Å². The molecule has 0 saturated carbocycles. The molecule has 11 heteroatoms. The van der Waals surface area contributed by atoms with E-state index in [4.69, 9.17) is 23.7 Å². The number of hydrogen-bond acceptors (Lipinski definition) is 10. The lowest BCUT2D eigenvalue weighted by Gasteiger charge is -2.22. The smallest absolute Gasteiger partial charge is 0.333 e. The predicted molar refractivity (Wildman–Crippen MR) is 148 cm³/mol. The van der Waals surface area contributed by atoms with Gasteiger partial charge >= 0.3 is 5.97 Å². The molecule has 0 bridgehead atoms. The van der Waals surface area contributed by atoms with E-state index >= 15 is 0 Å². The van der Waals surface area contributed by atoms with Crippen molar-refractivity contribution in [2.45, 2.75) is 18.6 Å². The zero-order valence-corrected chi connectivity index (χ0v) is 22.6. The summed E-state index contributed by atoms with van der Waals surface area (Å²) >= 11 is 0. The summed E-state index contributed by atoms with van der Waals surface area (Å²) in [4.78, 5) is 27.5. The number of methoxy groups -OCH3 is 2. The lowest BCUT2D eigenvalue weighted by molar-refractivity contribution is -0.386. The topological polar surface area (TPSA) is 142 Å². The summed E-state index contributed by atoms with van der Waals surface area (Å²) in [6.07, 6.45) is 0.406. The van der Waals surface area contributed by atoms with Crippen LogP contribution in [0.5, 0.6) is 11.5 Å². The van der Waals surface area contributed by atoms with Crippen LogP contribution >= 0.6 is 0 Å². The Balaban J connectivity index is 1.47. The van der Waals surface area contributed by atoms with Crippen LogP contribution < -0.4 is 14.6 Å². The fourth-order valence-electron chi connectivity index (χ4n) is 4.63. The number of fused-ring (bicyclic) bond motifs is 3. The SMILES string of the molecule is C=CCOC(=O)[C@@H](COCc1cc(OC)c(OC)cc1[N+](=O)[O-])N=C([O-])OCC1c2ccccc2-c2ccccc21. The summed E-state index contributed by atoms with van der Waals surface area (Å²) in [6.45, 7) is 2.75. The molecule has 11 nitrogen and oxygen atoms in total. The monoisotopic (exact) mass is 561 g/mol. The summed E-state index contributed by atoms with van der Waals surface area (Å²) < 4.78 is 26.5. The molecule has 214 valence electrons. The molecule has 0 aromatic heterocycles. The number of benzene rings is 3. The Labute approximate surface area is 236 Å². The molecule has 1 aliphatic carbocycles. The van der Waals surface area contributed by atoms with Gasteiger partial charge in [0.05, 0.1) is 44.0 Å². The van der Waals surface area contributed by atoms with Gasteiger partial charge in [-0.3, -0.25) is 15.1 Å². The molecule has 0 unspecified atom stereocenters. The molecule has 1 atom stereocenters. The van der Waals surface area contributed by atoms with Gasteiger partial charge in [-0.1, -0.05) is 61.2 Å². The first-order chi connectivity index (χ1) is 19.9. The second-order valence-corrected chi connectivity index (χ2v) is 8.98. The average molecular weight is 562 g/mol. The van der Waals surface area contributed by atoms with Crippen LogP contribution in [-0.4, -0.2) is 57.1 Å². The molecule has 0 fully saturated rings. The Morgan fingerprint density at radius 2 is 1.63 bits per heavy atom. The maximum atomic E-state index is 12.8. The van der Waals surface area contributed by atoms with Crippen molar-refractivity contribution in [2.24, 2.45) is 4.99 Å². The van der Waals surface area contributed by atoms with Crippen LogP contribution in [0.1, 0.15) is 22.6 Å². The van der Waals surface area contributed by atoms with Gasteiger partial charge in [0.25, 0.3) is 5.69 Å². The summed E-state index contributed by atoms with van der Waals surface area (Å²) in [6, 6.07) is 17.0. The molecule has 0 saturated heterocycles. The normalized spacial score (nSPS) is 13.1. The molecule has 0 aliphatic heterocycles. The molecular weight excluding hydrogens is 532 g/mol. The first kappa shape index (κ1) is 29.1. The van der Waals surface area contributed by atoms with E-state index in [9.17, 15) is 20.0 Å². The Morgan fingerprint density at radius 1 is 1.02 bits per heavy atom. The van der Waals surface area contributed by atoms with E-state index in [1.54, 1.807) is 0 Å². The Kier molecular flexibility index (Phi) is 9.54. The molecule has 0 amide bonds. The molecular formula is C30H29N2O9-. The number of rotatable bonds is 13.